The van der Waals surface area contributed by atoms with Crippen LogP contribution in [0.25, 0.3) is 0 Å². The number of amides is 1. The van der Waals surface area contributed by atoms with Crippen LogP contribution in [0, 0.1) is 0 Å². The standard InChI is InChI=1S/C31H41N7O3/c39-31-11-13-38(15-14-37-16-19-40-20-17-37)23-25-7-6-8-26(21-25)35-29-22-30(34-24-33-29)36-27-9-2-3-10-28(27)41-18-5-1-4-12-32-31/h2-3,6-10,21-22,24H,1,4-5,11-20,23H2,(H,32,39)(H2,33,34,35,36). The zero-order chi connectivity index (χ0) is 28.1. The van der Waals surface area contributed by atoms with Gasteiger partial charge in [-0.1, -0.05) is 24.3 Å². The quantitative estimate of drug-likeness (QED) is 0.436. The SMILES string of the molecule is O=C1CCN(CCN2CCOCC2)Cc2cccc(c2)Nc2cc(ncn2)Nc2ccccc2OCCCCCN1. The lowest BCUT2D eigenvalue weighted by Crippen LogP contribution is -2.42. The maximum absolute atomic E-state index is 12.7. The van der Waals surface area contributed by atoms with E-state index in [1.807, 2.05) is 36.4 Å². The zero-order valence-corrected chi connectivity index (χ0v) is 23.7. The lowest BCUT2D eigenvalue weighted by atomic mass is 10.1. The van der Waals surface area contributed by atoms with Crippen molar-refractivity contribution in [2.45, 2.75) is 32.2 Å². The first-order valence-electron chi connectivity index (χ1n) is 14.7. The second kappa shape index (κ2) is 15.3. The van der Waals surface area contributed by atoms with Crippen LogP contribution in [0.4, 0.5) is 23.0 Å². The fourth-order valence-electron chi connectivity index (χ4n) is 5.02. The Morgan fingerprint density at radius 1 is 0.805 bits per heavy atom. The Balaban J connectivity index is 1.31. The third-order valence-corrected chi connectivity index (χ3v) is 7.31. The minimum absolute atomic E-state index is 0.106. The third-order valence-electron chi connectivity index (χ3n) is 7.31. The number of anilines is 4. The first-order chi connectivity index (χ1) is 20.2. The molecule has 41 heavy (non-hydrogen) atoms. The van der Waals surface area contributed by atoms with E-state index in [9.17, 15) is 4.79 Å². The monoisotopic (exact) mass is 559 g/mol. The molecular formula is C31H41N7O3. The molecule has 4 bridgehead atoms. The largest absolute Gasteiger partial charge is 0.491 e. The van der Waals surface area contributed by atoms with E-state index in [2.05, 4.69) is 53.9 Å². The summed E-state index contributed by atoms with van der Waals surface area (Å²) < 4.78 is 11.6. The van der Waals surface area contributed by atoms with Crippen molar-refractivity contribution < 1.29 is 14.3 Å². The van der Waals surface area contributed by atoms with Crippen LogP contribution < -0.4 is 20.7 Å². The van der Waals surface area contributed by atoms with Crippen molar-refractivity contribution in [1.29, 1.82) is 0 Å². The summed E-state index contributed by atoms with van der Waals surface area (Å²) in [6, 6.07) is 18.1. The van der Waals surface area contributed by atoms with Crippen LogP contribution in [0.1, 0.15) is 31.2 Å². The highest BCUT2D eigenvalue weighted by Gasteiger charge is 2.15. The number of fused-ring (bicyclic) bond motifs is 5. The van der Waals surface area contributed by atoms with Gasteiger partial charge < -0.3 is 25.4 Å². The molecule has 2 aliphatic rings. The van der Waals surface area contributed by atoms with Crippen LogP contribution in [0.15, 0.2) is 60.9 Å². The Hall–Kier alpha value is -3.73. The first-order valence-corrected chi connectivity index (χ1v) is 14.7. The molecule has 0 aliphatic carbocycles. The van der Waals surface area contributed by atoms with Gasteiger partial charge in [-0.05, 0) is 49.1 Å². The Bertz CT molecular complexity index is 1250. The van der Waals surface area contributed by atoms with Crippen molar-refractivity contribution in [3.05, 3.63) is 66.5 Å². The average molecular weight is 560 g/mol. The summed E-state index contributed by atoms with van der Waals surface area (Å²) in [6.07, 6.45) is 4.86. The van der Waals surface area contributed by atoms with Gasteiger partial charge in [0.1, 0.15) is 23.7 Å². The van der Waals surface area contributed by atoms with Gasteiger partial charge in [-0.25, -0.2) is 9.97 Å². The number of carbonyl (C=O) groups excluding carboxylic acids is 1. The van der Waals surface area contributed by atoms with Crippen LogP contribution in [-0.2, 0) is 16.1 Å². The molecule has 0 spiro atoms. The Morgan fingerprint density at radius 2 is 1.63 bits per heavy atom. The minimum atomic E-state index is 0.106. The number of benzene rings is 2. The Kier molecular flexibility index (Phi) is 10.8. The molecule has 10 nitrogen and oxygen atoms in total. The number of ether oxygens (including phenoxy) is 2. The Morgan fingerprint density at radius 3 is 2.54 bits per heavy atom. The predicted octanol–water partition coefficient (Wildman–Crippen LogP) is 4.17. The van der Waals surface area contributed by atoms with Crippen LogP contribution >= 0.6 is 0 Å². The summed E-state index contributed by atoms with van der Waals surface area (Å²) in [5, 5.41) is 9.90. The van der Waals surface area contributed by atoms with Crippen molar-refractivity contribution in [1.82, 2.24) is 25.1 Å². The van der Waals surface area contributed by atoms with Gasteiger partial charge in [0.15, 0.2) is 0 Å². The number of nitrogens with one attached hydrogen (secondary N) is 3. The molecule has 3 N–H and O–H groups in total. The molecule has 2 aromatic carbocycles. The van der Waals surface area contributed by atoms with Crippen LogP contribution in [0.2, 0.25) is 0 Å². The van der Waals surface area contributed by atoms with E-state index in [-0.39, 0.29) is 5.91 Å². The first kappa shape index (κ1) is 28.8. The fraction of sp³-hybridized carbons (Fsp3) is 0.452. The van der Waals surface area contributed by atoms with E-state index in [0.29, 0.717) is 37.8 Å². The van der Waals surface area contributed by atoms with Crippen molar-refractivity contribution in [3.8, 4) is 5.75 Å². The molecule has 1 amide bonds. The maximum atomic E-state index is 12.7. The highest BCUT2D eigenvalue weighted by atomic mass is 16.5. The van der Waals surface area contributed by atoms with Gasteiger partial charge in [-0.2, -0.15) is 0 Å². The molecule has 5 rings (SSSR count). The van der Waals surface area contributed by atoms with E-state index >= 15 is 0 Å². The topological polar surface area (TPSA) is 104 Å². The maximum Gasteiger partial charge on any atom is 0.221 e. The van der Waals surface area contributed by atoms with Gasteiger partial charge in [0, 0.05) is 64.0 Å². The van der Waals surface area contributed by atoms with E-state index in [4.69, 9.17) is 9.47 Å². The number of hydrogen-bond acceptors (Lipinski definition) is 9. The molecule has 0 atom stereocenters. The van der Waals surface area contributed by atoms with Crippen LogP contribution in [-0.4, -0.2) is 84.8 Å². The van der Waals surface area contributed by atoms with Gasteiger partial charge in [0.25, 0.3) is 0 Å². The van der Waals surface area contributed by atoms with Gasteiger partial charge >= 0.3 is 0 Å². The van der Waals surface area contributed by atoms with Gasteiger partial charge in [-0.15, -0.1) is 0 Å². The molecular weight excluding hydrogens is 518 g/mol. The van der Waals surface area contributed by atoms with Gasteiger partial charge in [0.05, 0.1) is 25.5 Å². The molecule has 1 saturated heterocycles. The molecule has 3 aromatic rings. The number of hydrogen-bond donors (Lipinski definition) is 3. The number of rotatable bonds is 3. The number of nitrogens with zero attached hydrogens (tertiary/aromatic N) is 4. The van der Waals surface area contributed by atoms with Gasteiger partial charge in [0.2, 0.25) is 5.91 Å². The molecule has 218 valence electrons. The van der Waals surface area contributed by atoms with Gasteiger partial charge in [-0.3, -0.25) is 14.6 Å². The zero-order valence-electron chi connectivity index (χ0n) is 23.7. The minimum Gasteiger partial charge on any atom is -0.491 e. The van der Waals surface area contributed by atoms with Crippen LogP contribution in [0.3, 0.4) is 0 Å². The molecule has 10 heteroatoms. The highest BCUT2D eigenvalue weighted by molar-refractivity contribution is 5.76. The number of carbonyl (C=O) groups is 1. The molecule has 0 radical (unpaired) electrons. The summed E-state index contributed by atoms with van der Waals surface area (Å²) in [4.78, 5) is 26.3. The fourth-order valence-corrected chi connectivity index (χ4v) is 5.02. The van der Waals surface area contributed by atoms with E-state index in [1.165, 1.54) is 5.56 Å². The molecule has 0 saturated carbocycles. The summed E-state index contributed by atoms with van der Waals surface area (Å²) in [6.45, 7) is 8.12. The van der Waals surface area contributed by atoms with Crippen molar-refractivity contribution in [3.63, 3.8) is 0 Å². The van der Waals surface area contributed by atoms with E-state index < -0.39 is 0 Å². The second-order valence-corrected chi connectivity index (χ2v) is 10.5. The van der Waals surface area contributed by atoms with E-state index in [1.54, 1.807) is 6.33 Å². The highest BCUT2D eigenvalue weighted by Crippen LogP contribution is 2.28. The summed E-state index contributed by atoms with van der Waals surface area (Å²) in [5.74, 6) is 2.26. The average Bonchev–Trinajstić information content (AvgIpc) is 2.99. The smallest absolute Gasteiger partial charge is 0.221 e. The second-order valence-electron chi connectivity index (χ2n) is 10.5. The molecule has 2 aliphatic heterocycles. The van der Waals surface area contributed by atoms with Crippen LogP contribution in [0.5, 0.6) is 5.75 Å². The van der Waals surface area contributed by atoms with E-state index in [0.717, 1.165) is 82.3 Å². The van der Waals surface area contributed by atoms with Crippen molar-refractivity contribution >= 4 is 28.9 Å². The number of aromatic nitrogens is 2. The van der Waals surface area contributed by atoms with Crippen molar-refractivity contribution in [2.24, 2.45) is 0 Å². The summed E-state index contributed by atoms with van der Waals surface area (Å²) in [7, 11) is 0. The molecule has 1 aromatic heterocycles. The molecule has 0 unspecified atom stereocenters. The Labute approximate surface area is 242 Å². The molecule has 1 fully saturated rings. The third kappa shape index (κ3) is 9.41. The predicted molar refractivity (Wildman–Crippen MR) is 161 cm³/mol. The lowest BCUT2D eigenvalue weighted by Gasteiger charge is -2.30. The normalized spacial score (nSPS) is 18.3. The number of morpholine rings is 1. The molecule has 3 heterocycles. The summed E-state index contributed by atoms with van der Waals surface area (Å²) in [5.41, 5.74) is 2.98. The summed E-state index contributed by atoms with van der Waals surface area (Å²) >= 11 is 0. The number of para-hydroxylation sites is 2. The van der Waals surface area contributed by atoms with Crippen molar-refractivity contribution in [2.75, 3.05) is 69.7 Å². The lowest BCUT2D eigenvalue weighted by molar-refractivity contribution is -0.121.